The summed E-state index contributed by atoms with van der Waals surface area (Å²) < 4.78 is 0. The van der Waals surface area contributed by atoms with Gasteiger partial charge in [-0.15, -0.1) is 0 Å². The van der Waals surface area contributed by atoms with Crippen LogP contribution in [0.25, 0.3) is 0 Å². The Kier molecular flexibility index (Phi) is 3.61. The lowest BCUT2D eigenvalue weighted by molar-refractivity contribution is 0.0827. The van der Waals surface area contributed by atoms with Gasteiger partial charge >= 0.3 is 0 Å². The lowest BCUT2D eigenvalue weighted by atomic mass is 10.1. The molecule has 4 nitrogen and oxygen atoms in total. The summed E-state index contributed by atoms with van der Waals surface area (Å²) in [4.78, 5) is 20.3. The van der Waals surface area contributed by atoms with Gasteiger partial charge in [-0.05, 0) is 31.4 Å². The van der Waals surface area contributed by atoms with Crippen molar-refractivity contribution in [2.75, 3.05) is 32.1 Å². The van der Waals surface area contributed by atoms with Crippen molar-refractivity contribution >= 4 is 11.7 Å². The van der Waals surface area contributed by atoms with E-state index in [9.17, 15) is 4.79 Å². The van der Waals surface area contributed by atoms with E-state index in [1.54, 1.807) is 25.2 Å². The molecule has 0 N–H and O–H groups in total. The molecule has 1 aliphatic heterocycles. The third-order valence-corrected chi connectivity index (χ3v) is 3.08. The molecule has 1 aliphatic rings. The molecule has 1 saturated heterocycles. The highest BCUT2D eigenvalue weighted by molar-refractivity contribution is 5.98. The standard InChI is InChI=1S/C13H19N3O/c1-15(2)13(17)11-7-6-8-14-12(11)16-9-4-3-5-10-16/h6-8H,3-5,9-10H2,1-2H3. The highest BCUT2D eigenvalue weighted by Crippen LogP contribution is 2.22. The summed E-state index contributed by atoms with van der Waals surface area (Å²) in [5.74, 6) is 0.865. The first-order valence-electron chi connectivity index (χ1n) is 6.12. The summed E-state index contributed by atoms with van der Waals surface area (Å²) in [6.07, 6.45) is 5.41. The zero-order valence-electron chi connectivity index (χ0n) is 10.5. The van der Waals surface area contributed by atoms with Crippen LogP contribution in [0, 0.1) is 0 Å². The van der Waals surface area contributed by atoms with E-state index < -0.39 is 0 Å². The van der Waals surface area contributed by atoms with Gasteiger partial charge in [-0.1, -0.05) is 0 Å². The lowest BCUT2D eigenvalue weighted by Gasteiger charge is -2.29. The van der Waals surface area contributed by atoms with E-state index in [1.165, 1.54) is 19.3 Å². The summed E-state index contributed by atoms with van der Waals surface area (Å²) in [7, 11) is 3.55. The first-order chi connectivity index (χ1) is 8.20. The molecule has 0 atom stereocenters. The molecule has 2 rings (SSSR count). The highest BCUT2D eigenvalue weighted by atomic mass is 16.2. The molecule has 1 fully saturated rings. The maximum Gasteiger partial charge on any atom is 0.257 e. The molecule has 0 bridgehead atoms. The monoisotopic (exact) mass is 233 g/mol. The molecule has 0 aliphatic carbocycles. The van der Waals surface area contributed by atoms with Crippen LogP contribution in [0.1, 0.15) is 29.6 Å². The van der Waals surface area contributed by atoms with E-state index in [4.69, 9.17) is 0 Å². The maximum absolute atomic E-state index is 12.1. The minimum Gasteiger partial charge on any atom is -0.356 e. The zero-order chi connectivity index (χ0) is 12.3. The molecule has 0 aromatic carbocycles. The van der Waals surface area contributed by atoms with Gasteiger partial charge in [0, 0.05) is 33.4 Å². The molecule has 1 amide bonds. The van der Waals surface area contributed by atoms with Gasteiger partial charge in [-0.25, -0.2) is 4.98 Å². The van der Waals surface area contributed by atoms with Crippen molar-refractivity contribution in [3.8, 4) is 0 Å². The second-order valence-corrected chi connectivity index (χ2v) is 4.62. The number of anilines is 1. The largest absolute Gasteiger partial charge is 0.356 e. The van der Waals surface area contributed by atoms with Crippen LogP contribution in [0.15, 0.2) is 18.3 Å². The fraction of sp³-hybridized carbons (Fsp3) is 0.538. The van der Waals surface area contributed by atoms with Gasteiger partial charge in [-0.2, -0.15) is 0 Å². The predicted octanol–water partition coefficient (Wildman–Crippen LogP) is 1.77. The van der Waals surface area contributed by atoms with E-state index >= 15 is 0 Å². The third kappa shape index (κ3) is 2.57. The van der Waals surface area contributed by atoms with Crippen molar-refractivity contribution in [3.63, 3.8) is 0 Å². The number of carbonyl (C=O) groups excluding carboxylic acids is 1. The summed E-state index contributed by atoms with van der Waals surface area (Å²) in [6, 6.07) is 3.68. The molecule has 0 unspecified atom stereocenters. The van der Waals surface area contributed by atoms with Gasteiger partial charge in [0.1, 0.15) is 5.82 Å². The fourth-order valence-corrected chi connectivity index (χ4v) is 2.16. The van der Waals surface area contributed by atoms with Gasteiger partial charge in [0.05, 0.1) is 5.56 Å². The third-order valence-electron chi connectivity index (χ3n) is 3.08. The normalized spacial score (nSPS) is 15.8. The number of piperidine rings is 1. The molecule has 92 valence electrons. The van der Waals surface area contributed by atoms with Gasteiger partial charge in [0.2, 0.25) is 0 Å². The summed E-state index contributed by atoms with van der Waals surface area (Å²) in [5.41, 5.74) is 0.708. The Hall–Kier alpha value is -1.58. The van der Waals surface area contributed by atoms with Gasteiger partial charge in [0.15, 0.2) is 0 Å². The molecule has 0 radical (unpaired) electrons. The highest BCUT2D eigenvalue weighted by Gasteiger charge is 2.20. The Morgan fingerprint density at radius 1 is 1.29 bits per heavy atom. The van der Waals surface area contributed by atoms with E-state index in [-0.39, 0.29) is 5.91 Å². The van der Waals surface area contributed by atoms with Gasteiger partial charge < -0.3 is 9.80 Å². The molecule has 4 heteroatoms. The number of pyridine rings is 1. The number of nitrogens with zero attached hydrogens (tertiary/aromatic N) is 3. The summed E-state index contributed by atoms with van der Waals surface area (Å²) >= 11 is 0. The number of aromatic nitrogens is 1. The van der Waals surface area contributed by atoms with Gasteiger partial charge in [-0.3, -0.25) is 4.79 Å². The van der Waals surface area contributed by atoms with Crippen molar-refractivity contribution in [2.45, 2.75) is 19.3 Å². The first-order valence-corrected chi connectivity index (χ1v) is 6.12. The molecule has 0 spiro atoms. The minimum absolute atomic E-state index is 0.0265. The minimum atomic E-state index is 0.0265. The fourth-order valence-electron chi connectivity index (χ4n) is 2.16. The maximum atomic E-state index is 12.1. The molecule has 2 heterocycles. The Bertz CT molecular complexity index is 397. The van der Waals surface area contributed by atoms with Crippen LogP contribution in [0.2, 0.25) is 0 Å². The topological polar surface area (TPSA) is 36.4 Å². The average Bonchev–Trinajstić information content (AvgIpc) is 2.39. The molecule has 0 saturated carbocycles. The molecular formula is C13H19N3O. The smallest absolute Gasteiger partial charge is 0.257 e. The van der Waals surface area contributed by atoms with Crippen LogP contribution in [0.4, 0.5) is 5.82 Å². The zero-order valence-corrected chi connectivity index (χ0v) is 10.5. The number of amides is 1. The van der Waals surface area contributed by atoms with Crippen LogP contribution >= 0.6 is 0 Å². The Morgan fingerprint density at radius 2 is 2.00 bits per heavy atom. The van der Waals surface area contributed by atoms with E-state index in [0.717, 1.165) is 18.9 Å². The van der Waals surface area contributed by atoms with Crippen molar-refractivity contribution in [2.24, 2.45) is 0 Å². The van der Waals surface area contributed by atoms with Crippen molar-refractivity contribution in [3.05, 3.63) is 23.9 Å². The molecule has 17 heavy (non-hydrogen) atoms. The molecular weight excluding hydrogens is 214 g/mol. The van der Waals surface area contributed by atoms with Crippen LogP contribution in [0.5, 0.6) is 0 Å². The second kappa shape index (κ2) is 5.17. The number of carbonyl (C=O) groups is 1. The van der Waals surface area contributed by atoms with Crippen LogP contribution in [-0.4, -0.2) is 43.0 Å². The Labute approximate surface area is 102 Å². The number of hydrogen-bond donors (Lipinski definition) is 0. The Balaban J connectivity index is 2.29. The van der Waals surface area contributed by atoms with E-state index in [1.807, 2.05) is 12.1 Å². The first kappa shape index (κ1) is 11.9. The number of hydrogen-bond acceptors (Lipinski definition) is 3. The SMILES string of the molecule is CN(C)C(=O)c1cccnc1N1CCCCC1. The number of rotatable bonds is 2. The quantitative estimate of drug-likeness (QED) is 0.781. The van der Waals surface area contributed by atoms with Crippen molar-refractivity contribution in [1.82, 2.24) is 9.88 Å². The summed E-state index contributed by atoms with van der Waals surface area (Å²) in [5, 5.41) is 0. The van der Waals surface area contributed by atoms with Crippen LogP contribution in [-0.2, 0) is 0 Å². The van der Waals surface area contributed by atoms with Crippen molar-refractivity contribution in [1.29, 1.82) is 0 Å². The lowest BCUT2D eigenvalue weighted by Crippen LogP contribution is -2.33. The van der Waals surface area contributed by atoms with E-state index in [0.29, 0.717) is 5.56 Å². The molecule has 1 aromatic heterocycles. The van der Waals surface area contributed by atoms with Crippen LogP contribution < -0.4 is 4.90 Å². The summed E-state index contributed by atoms with van der Waals surface area (Å²) in [6.45, 7) is 2.01. The van der Waals surface area contributed by atoms with E-state index in [2.05, 4.69) is 9.88 Å². The Morgan fingerprint density at radius 3 is 2.65 bits per heavy atom. The second-order valence-electron chi connectivity index (χ2n) is 4.62. The van der Waals surface area contributed by atoms with Crippen LogP contribution in [0.3, 0.4) is 0 Å². The average molecular weight is 233 g/mol. The van der Waals surface area contributed by atoms with Crippen molar-refractivity contribution < 1.29 is 4.79 Å². The predicted molar refractivity (Wildman–Crippen MR) is 68.3 cm³/mol. The molecule has 1 aromatic rings. The van der Waals surface area contributed by atoms with Gasteiger partial charge in [0.25, 0.3) is 5.91 Å².